The van der Waals surface area contributed by atoms with Crippen LogP contribution in [0.3, 0.4) is 0 Å². The van der Waals surface area contributed by atoms with Gasteiger partial charge in [-0.05, 0) is 72.2 Å². The predicted octanol–water partition coefficient (Wildman–Crippen LogP) is 6.99. The standard InChI is InChI=1S/C25H27ClO3/c1-5-15-6-9-18(29-17-10-7-16(26)8-11-17)14-19(15)21-22(27)20-12-13-25(4,23(21)28)24(20,2)3/h6-11,14,20,28H,5,12-13H2,1-4H3/t20-,25+/m0/s1. The number of aryl methyl sites for hydroxylation is 1. The van der Waals surface area contributed by atoms with Crippen molar-refractivity contribution in [2.45, 2.75) is 47.0 Å². The van der Waals surface area contributed by atoms with E-state index in [0.29, 0.717) is 22.1 Å². The summed E-state index contributed by atoms with van der Waals surface area (Å²) < 4.78 is 6.00. The summed E-state index contributed by atoms with van der Waals surface area (Å²) in [4.78, 5) is 13.5. The molecule has 0 heterocycles. The number of carbonyl (C=O) groups excluding carboxylic acids is 1. The molecule has 0 unspecified atom stereocenters. The summed E-state index contributed by atoms with van der Waals surface area (Å²) >= 11 is 5.96. The molecule has 2 bridgehead atoms. The highest BCUT2D eigenvalue weighted by molar-refractivity contribution is 6.30. The number of rotatable bonds is 4. The van der Waals surface area contributed by atoms with Crippen molar-refractivity contribution in [2.24, 2.45) is 16.7 Å². The number of hydrogen-bond acceptors (Lipinski definition) is 3. The summed E-state index contributed by atoms with van der Waals surface area (Å²) in [5.41, 5.74) is 1.66. The van der Waals surface area contributed by atoms with Crippen LogP contribution in [-0.4, -0.2) is 10.9 Å². The Hall–Kier alpha value is -2.26. The molecule has 2 aromatic rings. The molecule has 4 heteroatoms. The summed E-state index contributed by atoms with van der Waals surface area (Å²) in [5, 5.41) is 12.0. The molecule has 3 nitrogen and oxygen atoms in total. The Balaban J connectivity index is 1.81. The van der Waals surface area contributed by atoms with Crippen LogP contribution in [0.25, 0.3) is 5.57 Å². The lowest BCUT2D eigenvalue weighted by molar-refractivity contribution is -0.122. The quantitative estimate of drug-likeness (QED) is 0.590. The van der Waals surface area contributed by atoms with Crippen LogP contribution in [-0.2, 0) is 11.2 Å². The number of aliphatic hydroxyl groups is 1. The monoisotopic (exact) mass is 410 g/mol. The molecule has 0 saturated heterocycles. The number of Topliss-reactive ketones (excluding diaryl/α,β-unsaturated/α-hetero) is 1. The second-order valence-corrected chi connectivity index (χ2v) is 9.40. The molecule has 0 aliphatic heterocycles. The molecule has 4 rings (SSSR count). The van der Waals surface area contributed by atoms with E-state index in [9.17, 15) is 9.90 Å². The average molecular weight is 411 g/mol. The van der Waals surface area contributed by atoms with Crippen molar-refractivity contribution in [1.29, 1.82) is 0 Å². The molecule has 29 heavy (non-hydrogen) atoms. The van der Waals surface area contributed by atoms with Gasteiger partial charge in [0.25, 0.3) is 0 Å². The Kier molecular flexibility index (Phi) is 4.77. The van der Waals surface area contributed by atoms with Crippen LogP contribution in [0.15, 0.2) is 48.2 Å². The van der Waals surface area contributed by atoms with Gasteiger partial charge in [0.15, 0.2) is 5.78 Å². The van der Waals surface area contributed by atoms with E-state index in [-0.39, 0.29) is 28.3 Å². The Labute approximate surface area is 177 Å². The van der Waals surface area contributed by atoms with Crippen LogP contribution in [0.4, 0.5) is 0 Å². The molecule has 1 N–H and O–H groups in total. The van der Waals surface area contributed by atoms with E-state index in [0.717, 1.165) is 30.4 Å². The van der Waals surface area contributed by atoms with Crippen LogP contribution in [0.5, 0.6) is 11.5 Å². The zero-order chi connectivity index (χ0) is 21.0. The Bertz CT molecular complexity index is 1000. The third kappa shape index (κ3) is 2.98. The zero-order valence-corrected chi connectivity index (χ0v) is 18.1. The molecule has 0 spiro atoms. The van der Waals surface area contributed by atoms with Crippen molar-refractivity contribution in [3.8, 4) is 11.5 Å². The molecule has 152 valence electrons. The van der Waals surface area contributed by atoms with E-state index in [1.165, 1.54) is 0 Å². The van der Waals surface area contributed by atoms with Crippen molar-refractivity contribution < 1.29 is 14.6 Å². The molecule has 2 aliphatic carbocycles. The molecule has 2 aromatic carbocycles. The van der Waals surface area contributed by atoms with Gasteiger partial charge < -0.3 is 9.84 Å². The number of carbonyl (C=O) groups is 1. The van der Waals surface area contributed by atoms with E-state index in [4.69, 9.17) is 16.3 Å². The van der Waals surface area contributed by atoms with Crippen LogP contribution >= 0.6 is 11.6 Å². The van der Waals surface area contributed by atoms with Crippen molar-refractivity contribution in [2.75, 3.05) is 0 Å². The average Bonchev–Trinajstić information content (AvgIpc) is 2.87. The maximum Gasteiger partial charge on any atom is 0.170 e. The molecule has 1 fully saturated rings. The summed E-state index contributed by atoms with van der Waals surface area (Å²) in [6.07, 6.45) is 2.41. The smallest absolute Gasteiger partial charge is 0.170 e. The van der Waals surface area contributed by atoms with Crippen LogP contribution in [0.2, 0.25) is 5.02 Å². The number of halogens is 1. The molecular weight excluding hydrogens is 384 g/mol. The number of fused-ring (bicyclic) bond motifs is 2. The molecular formula is C25H27ClO3. The maximum atomic E-state index is 13.5. The van der Waals surface area contributed by atoms with Crippen molar-refractivity contribution in [1.82, 2.24) is 0 Å². The van der Waals surface area contributed by atoms with E-state index in [1.807, 2.05) is 30.3 Å². The Morgan fingerprint density at radius 3 is 2.41 bits per heavy atom. The first-order valence-electron chi connectivity index (χ1n) is 10.2. The largest absolute Gasteiger partial charge is 0.511 e. The fourth-order valence-electron chi connectivity index (χ4n) is 5.01. The number of ether oxygens (including phenoxy) is 1. The minimum atomic E-state index is -0.390. The van der Waals surface area contributed by atoms with E-state index in [2.05, 4.69) is 27.7 Å². The third-order valence-electron chi connectivity index (χ3n) is 7.33. The summed E-state index contributed by atoms with van der Waals surface area (Å²) in [5.74, 6) is 1.53. The Morgan fingerprint density at radius 2 is 1.76 bits per heavy atom. The van der Waals surface area contributed by atoms with Crippen molar-refractivity contribution >= 4 is 23.0 Å². The summed E-state index contributed by atoms with van der Waals surface area (Å²) in [6, 6.07) is 12.9. The fourth-order valence-corrected chi connectivity index (χ4v) is 5.13. The topological polar surface area (TPSA) is 46.5 Å². The van der Waals surface area contributed by atoms with Gasteiger partial charge in [-0.3, -0.25) is 4.79 Å². The molecule has 0 amide bonds. The molecule has 2 aliphatic rings. The number of hydrogen-bond donors (Lipinski definition) is 1. The SMILES string of the molecule is CCc1ccc(Oc2ccc(Cl)cc2)cc1C1=C(O)[C@@]2(C)CC[C@@H](C1=O)C2(C)C. The van der Waals surface area contributed by atoms with Gasteiger partial charge in [-0.1, -0.05) is 45.4 Å². The highest BCUT2D eigenvalue weighted by atomic mass is 35.5. The highest BCUT2D eigenvalue weighted by Crippen LogP contribution is 2.64. The number of allylic oxidation sites excluding steroid dienone is 2. The molecule has 0 aromatic heterocycles. The second-order valence-electron chi connectivity index (χ2n) is 8.96. The van der Waals surface area contributed by atoms with E-state index >= 15 is 0 Å². The van der Waals surface area contributed by atoms with Crippen molar-refractivity contribution in [3.63, 3.8) is 0 Å². The highest BCUT2D eigenvalue weighted by Gasteiger charge is 2.61. The summed E-state index contributed by atoms with van der Waals surface area (Å²) in [6.45, 7) is 8.37. The first-order valence-corrected chi connectivity index (χ1v) is 10.6. The minimum Gasteiger partial charge on any atom is -0.511 e. The van der Waals surface area contributed by atoms with Gasteiger partial charge >= 0.3 is 0 Å². The molecule has 0 radical (unpaired) electrons. The number of ketones is 1. The normalized spacial score (nSPS) is 25.4. The molecule has 2 atom stereocenters. The van der Waals surface area contributed by atoms with Gasteiger partial charge in [-0.25, -0.2) is 0 Å². The lowest BCUT2D eigenvalue weighted by atomic mass is 9.58. The lowest BCUT2D eigenvalue weighted by Gasteiger charge is -2.45. The maximum absolute atomic E-state index is 13.5. The van der Waals surface area contributed by atoms with Gasteiger partial charge in [-0.15, -0.1) is 0 Å². The first kappa shape index (κ1) is 20.0. The van der Waals surface area contributed by atoms with Gasteiger partial charge in [0.2, 0.25) is 0 Å². The van der Waals surface area contributed by atoms with Crippen LogP contribution in [0, 0.1) is 16.7 Å². The van der Waals surface area contributed by atoms with Gasteiger partial charge in [-0.2, -0.15) is 0 Å². The second kappa shape index (κ2) is 6.91. The zero-order valence-electron chi connectivity index (χ0n) is 17.4. The van der Waals surface area contributed by atoms with Crippen LogP contribution in [0.1, 0.15) is 51.7 Å². The van der Waals surface area contributed by atoms with Crippen LogP contribution < -0.4 is 4.74 Å². The predicted molar refractivity (Wildman–Crippen MR) is 117 cm³/mol. The third-order valence-corrected chi connectivity index (χ3v) is 7.58. The number of aliphatic hydroxyl groups excluding tert-OH is 1. The Morgan fingerprint density at radius 1 is 1.10 bits per heavy atom. The molecule has 1 saturated carbocycles. The minimum absolute atomic E-state index is 0.0563. The van der Waals surface area contributed by atoms with Gasteiger partial charge in [0, 0.05) is 16.4 Å². The fraction of sp³-hybridized carbons (Fsp3) is 0.400. The van der Waals surface area contributed by atoms with E-state index < -0.39 is 0 Å². The summed E-state index contributed by atoms with van der Waals surface area (Å²) in [7, 11) is 0. The number of benzene rings is 2. The lowest BCUT2D eigenvalue weighted by Crippen LogP contribution is -2.43. The van der Waals surface area contributed by atoms with Crippen molar-refractivity contribution in [3.05, 3.63) is 64.4 Å². The first-order chi connectivity index (χ1) is 13.7. The van der Waals surface area contributed by atoms with Gasteiger partial charge in [0.1, 0.15) is 17.3 Å². The van der Waals surface area contributed by atoms with E-state index in [1.54, 1.807) is 12.1 Å². The van der Waals surface area contributed by atoms with Gasteiger partial charge in [0.05, 0.1) is 5.57 Å².